The second-order valence-electron chi connectivity index (χ2n) is 3.87. The quantitative estimate of drug-likeness (QED) is 0.883. The predicted octanol–water partition coefficient (Wildman–Crippen LogP) is 2.92. The molecule has 0 aliphatic rings. The van der Waals surface area contributed by atoms with Crippen molar-refractivity contribution in [3.05, 3.63) is 28.3 Å². The normalized spacial score (nSPS) is 12.2. The number of hydrogen-bond donors (Lipinski definition) is 1. The maximum Gasteiger partial charge on any atom is 0.306 e. The number of ether oxygens (including phenoxy) is 1. The molecule has 0 aliphatic heterocycles. The van der Waals surface area contributed by atoms with Crippen LogP contribution in [0.4, 0.5) is 0 Å². The summed E-state index contributed by atoms with van der Waals surface area (Å²) in [7, 11) is 1.56. The van der Waals surface area contributed by atoms with Gasteiger partial charge in [0.05, 0.1) is 13.0 Å². The molecule has 0 radical (unpaired) electrons. The summed E-state index contributed by atoms with van der Waals surface area (Å²) in [5.41, 5.74) is 1.75. The number of aryl methyl sites for hydroxylation is 1. The van der Waals surface area contributed by atoms with Crippen molar-refractivity contribution >= 4 is 17.6 Å². The lowest BCUT2D eigenvalue weighted by Gasteiger charge is -2.13. The van der Waals surface area contributed by atoms with Crippen LogP contribution >= 0.6 is 11.6 Å². The van der Waals surface area contributed by atoms with E-state index >= 15 is 0 Å². The Morgan fingerprint density at radius 1 is 1.56 bits per heavy atom. The Labute approximate surface area is 100.0 Å². The van der Waals surface area contributed by atoms with Crippen LogP contribution in [0.2, 0.25) is 5.02 Å². The zero-order valence-corrected chi connectivity index (χ0v) is 10.3. The highest BCUT2D eigenvalue weighted by molar-refractivity contribution is 6.31. The summed E-state index contributed by atoms with van der Waals surface area (Å²) in [6.45, 7) is 3.57. The minimum atomic E-state index is -0.835. The number of halogens is 1. The average Bonchev–Trinajstić information content (AvgIpc) is 2.21. The lowest BCUT2D eigenvalue weighted by molar-refractivity contribution is -0.141. The second-order valence-corrected chi connectivity index (χ2v) is 4.28. The van der Waals surface area contributed by atoms with Crippen molar-refractivity contribution in [1.29, 1.82) is 0 Å². The van der Waals surface area contributed by atoms with Gasteiger partial charge in [-0.05, 0) is 31.0 Å². The Balaban J connectivity index is 3.07. The van der Waals surface area contributed by atoms with Crippen molar-refractivity contribution in [2.75, 3.05) is 7.11 Å². The molecule has 0 aromatic heterocycles. The van der Waals surface area contributed by atoms with Crippen LogP contribution in [0.3, 0.4) is 0 Å². The van der Waals surface area contributed by atoms with Gasteiger partial charge in [-0.2, -0.15) is 0 Å². The molecule has 16 heavy (non-hydrogen) atoms. The van der Waals surface area contributed by atoms with E-state index in [1.54, 1.807) is 14.0 Å². The number of carboxylic acid groups (broad SMARTS) is 1. The van der Waals surface area contributed by atoms with Gasteiger partial charge < -0.3 is 9.84 Å². The van der Waals surface area contributed by atoms with Crippen molar-refractivity contribution in [1.82, 2.24) is 0 Å². The lowest BCUT2D eigenvalue weighted by atomic mass is 9.99. The first kappa shape index (κ1) is 12.8. The van der Waals surface area contributed by atoms with Crippen LogP contribution in [-0.2, 0) is 11.2 Å². The molecular formula is C12H15ClO3. The first-order chi connectivity index (χ1) is 7.45. The van der Waals surface area contributed by atoms with Crippen LogP contribution in [0, 0.1) is 12.8 Å². The average molecular weight is 243 g/mol. The molecule has 1 atom stereocenters. The van der Waals surface area contributed by atoms with E-state index in [1.165, 1.54) is 0 Å². The SMILES string of the molecule is COc1cc(C)cc(Cl)c1CC(C)C(=O)O. The minimum absolute atomic E-state index is 0.373. The summed E-state index contributed by atoms with van der Waals surface area (Å²) in [6.07, 6.45) is 0.373. The molecule has 4 heteroatoms. The molecule has 1 aromatic carbocycles. The Hall–Kier alpha value is -1.22. The number of aliphatic carboxylic acids is 1. The molecule has 0 heterocycles. The van der Waals surface area contributed by atoms with E-state index in [4.69, 9.17) is 21.4 Å². The summed E-state index contributed by atoms with van der Waals surface area (Å²) < 4.78 is 5.21. The fraction of sp³-hybridized carbons (Fsp3) is 0.417. The highest BCUT2D eigenvalue weighted by atomic mass is 35.5. The first-order valence-corrected chi connectivity index (χ1v) is 5.39. The zero-order chi connectivity index (χ0) is 12.3. The minimum Gasteiger partial charge on any atom is -0.496 e. The monoisotopic (exact) mass is 242 g/mol. The Bertz CT molecular complexity index is 401. The molecule has 0 bridgehead atoms. The van der Waals surface area contributed by atoms with Gasteiger partial charge in [-0.3, -0.25) is 4.79 Å². The molecule has 0 aliphatic carbocycles. The Kier molecular flexibility index (Phi) is 4.19. The van der Waals surface area contributed by atoms with Crippen molar-refractivity contribution in [2.24, 2.45) is 5.92 Å². The smallest absolute Gasteiger partial charge is 0.306 e. The second kappa shape index (κ2) is 5.21. The zero-order valence-electron chi connectivity index (χ0n) is 9.58. The van der Waals surface area contributed by atoms with Gasteiger partial charge in [0.25, 0.3) is 0 Å². The molecule has 0 saturated carbocycles. The predicted molar refractivity (Wildman–Crippen MR) is 63.2 cm³/mol. The van der Waals surface area contributed by atoms with Gasteiger partial charge in [0.15, 0.2) is 0 Å². The van der Waals surface area contributed by atoms with Crippen LogP contribution in [0.1, 0.15) is 18.1 Å². The highest BCUT2D eigenvalue weighted by Crippen LogP contribution is 2.30. The van der Waals surface area contributed by atoms with Crippen LogP contribution in [0.5, 0.6) is 5.75 Å². The van der Waals surface area contributed by atoms with E-state index in [0.717, 1.165) is 11.1 Å². The third-order valence-electron chi connectivity index (χ3n) is 2.45. The standard InChI is InChI=1S/C12H15ClO3/c1-7-4-10(13)9(11(5-7)16-3)6-8(2)12(14)15/h4-5,8H,6H2,1-3H3,(H,14,15). The number of rotatable bonds is 4. The fourth-order valence-corrected chi connectivity index (χ4v) is 1.86. The Morgan fingerprint density at radius 2 is 2.19 bits per heavy atom. The summed E-state index contributed by atoms with van der Waals surface area (Å²) >= 11 is 6.09. The van der Waals surface area contributed by atoms with Gasteiger partial charge in [-0.25, -0.2) is 0 Å². The number of methoxy groups -OCH3 is 1. The van der Waals surface area contributed by atoms with Gasteiger partial charge in [-0.15, -0.1) is 0 Å². The van der Waals surface area contributed by atoms with Crippen LogP contribution < -0.4 is 4.74 Å². The molecule has 3 nitrogen and oxygen atoms in total. The molecule has 0 fully saturated rings. The fourth-order valence-electron chi connectivity index (χ4n) is 1.51. The van der Waals surface area contributed by atoms with E-state index in [0.29, 0.717) is 17.2 Å². The maximum atomic E-state index is 10.8. The topological polar surface area (TPSA) is 46.5 Å². The van der Waals surface area contributed by atoms with E-state index in [9.17, 15) is 4.79 Å². The molecule has 0 amide bonds. The lowest BCUT2D eigenvalue weighted by Crippen LogP contribution is -2.13. The molecule has 0 saturated heterocycles. The molecular weight excluding hydrogens is 228 g/mol. The largest absolute Gasteiger partial charge is 0.496 e. The van der Waals surface area contributed by atoms with E-state index in [-0.39, 0.29) is 0 Å². The maximum absolute atomic E-state index is 10.8. The van der Waals surface area contributed by atoms with Crippen LogP contribution in [-0.4, -0.2) is 18.2 Å². The summed E-state index contributed by atoms with van der Waals surface area (Å²) in [6, 6.07) is 3.67. The number of carbonyl (C=O) groups is 1. The molecule has 1 N–H and O–H groups in total. The summed E-state index contributed by atoms with van der Waals surface area (Å²) in [5, 5.41) is 9.43. The van der Waals surface area contributed by atoms with Crippen LogP contribution in [0.15, 0.2) is 12.1 Å². The van der Waals surface area contributed by atoms with Gasteiger partial charge in [0.2, 0.25) is 0 Å². The van der Waals surface area contributed by atoms with Crippen molar-refractivity contribution in [2.45, 2.75) is 20.3 Å². The number of benzene rings is 1. The van der Waals surface area contributed by atoms with Crippen molar-refractivity contribution < 1.29 is 14.6 Å². The van der Waals surface area contributed by atoms with Crippen molar-refractivity contribution in [3.8, 4) is 5.75 Å². The summed E-state index contributed by atoms with van der Waals surface area (Å²) in [4.78, 5) is 10.8. The summed E-state index contributed by atoms with van der Waals surface area (Å²) in [5.74, 6) is -0.661. The van der Waals surface area contributed by atoms with Crippen LogP contribution in [0.25, 0.3) is 0 Å². The molecule has 1 aromatic rings. The number of hydrogen-bond acceptors (Lipinski definition) is 2. The molecule has 1 unspecified atom stereocenters. The van der Waals surface area contributed by atoms with Gasteiger partial charge in [0.1, 0.15) is 5.75 Å². The highest BCUT2D eigenvalue weighted by Gasteiger charge is 2.17. The van der Waals surface area contributed by atoms with Crippen molar-refractivity contribution in [3.63, 3.8) is 0 Å². The van der Waals surface area contributed by atoms with Gasteiger partial charge in [0, 0.05) is 10.6 Å². The number of carboxylic acids is 1. The van der Waals surface area contributed by atoms with Gasteiger partial charge >= 0.3 is 5.97 Å². The molecule has 1 rings (SSSR count). The molecule has 88 valence electrons. The first-order valence-electron chi connectivity index (χ1n) is 5.01. The van der Waals surface area contributed by atoms with E-state index in [1.807, 2.05) is 19.1 Å². The third-order valence-corrected chi connectivity index (χ3v) is 2.79. The van der Waals surface area contributed by atoms with E-state index < -0.39 is 11.9 Å². The Morgan fingerprint density at radius 3 is 2.69 bits per heavy atom. The molecule has 0 spiro atoms. The third kappa shape index (κ3) is 2.89. The van der Waals surface area contributed by atoms with E-state index in [2.05, 4.69) is 0 Å². The van der Waals surface area contributed by atoms with Gasteiger partial charge in [-0.1, -0.05) is 18.5 Å².